The first-order valence-electron chi connectivity index (χ1n) is 9.45. The summed E-state index contributed by atoms with van der Waals surface area (Å²) in [7, 11) is 1.46. The van der Waals surface area contributed by atoms with Gasteiger partial charge in [0.2, 0.25) is 0 Å². The molecule has 1 unspecified atom stereocenters. The van der Waals surface area contributed by atoms with E-state index < -0.39 is 17.7 Å². The van der Waals surface area contributed by atoms with Crippen molar-refractivity contribution >= 4 is 11.6 Å². The van der Waals surface area contributed by atoms with Gasteiger partial charge in [-0.25, -0.2) is 0 Å². The Labute approximate surface area is 167 Å². The van der Waals surface area contributed by atoms with Crippen molar-refractivity contribution in [1.82, 2.24) is 5.32 Å². The number of carbonyl (C=O) groups is 1. The lowest BCUT2D eigenvalue weighted by Gasteiger charge is -2.29. The van der Waals surface area contributed by atoms with Gasteiger partial charge in [-0.1, -0.05) is 24.6 Å². The van der Waals surface area contributed by atoms with Gasteiger partial charge in [0.05, 0.1) is 18.5 Å². The van der Waals surface area contributed by atoms with Crippen LogP contribution in [0.2, 0.25) is 0 Å². The highest BCUT2D eigenvalue weighted by Gasteiger charge is 2.31. The quantitative estimate of drug-likeness (QED) is 0.354. The number of nitrogens with zero attached hydrogens (tertiary/aromatic N) is 1. The van der Waals surface area contributed by atoms with Gasteiger partial charge >= 0.3 is 0 Å². The fourth-order valence-electron chi connectivity index (χ4n) is 2.50. The molecule has 0 aromatic heterocycles. The molecule has 2 atom stereocenters. The summed E-state index contributed by atoms with van der Waals surface area (Å²) in [4.78, 5) is 12.5. The van der Waals surface area contributed by atoms with Crippen LogP contribution >= 0.6 is 0 Å². The van der Waals surface area contributed by atoms with Crippen LogP contribution in [0, 0.1) is 16.7 Å². The second-order valence-electron chi connectivity index (χ2n) is 7.17. The third-order valence-electron chi connectivity index (χ3n) is 4.54. The first kappa shape index (κ1) is 23.6. The molecule has 1 amide bonds. The average molecular weight is 389 g/mol. The number of para-hydroxylation sites is 1. The minimum Gasteiger partial charge on any atom is -0.491 e. The number of unbranched alkanes of at least 4 members (excludes halogenated alkanes) is 1. The Hall–Kier alpha value is -2.43. The molecule has 0 heterocycles. The third kappa shape index (κ3) is 8.51. The van der Waals surface area contributed by atoms with Crippen LogP contribution < -0.4 is 10.1 Å². The van der Waals surface area contributed by atoms with E-state index in [2.05, 4.69) is 5.32 Å². The number of benzene rings is 1. The molecular weight excluding hydrogens is 358 g/mol. The third-order valence-corrected chi connectivity index (χ3v) is 4.54. The lowest BCUT2D eigenvalue weighted by atomic mass is 10.00. The molecule has 0 spiro atoms. The van der Waals surface area contributed by atoms with Gasteiger partial charge in [-0.05, 0) is 45.2 Å². The van der Waals surface area contributed by atoms with Crippen molar-refractivity contribution in [3.63, 3.8) is 0 Å². The van der Waals surface area contributed by atoms with Gasteiger partial charge in [-0.15, -0.1) is 0 Å². The molecule has 0 radical (unpaired) electrons. The lowest BCUT2D eigenvalue weighted by Crippen LogP contribution is -2.52. The number of aliphatic hydroxyl groups excluding tert-OH is 1. The number of amides is 1. The highest BCUT2D eigenvalue weighted by molar-refractivity contribution is 5.84. The summed E-state index contributed by atoms with van der Waals surface area (Å²) in [5.74, 6) is 0.338. The molecule has 0 aliphatic rings. The van der Waals surface area contributed by atoms with Crippen LogP contribution in [0.1, 0.15) is 46.0 Å². The van der Waals surface area contributed by atoms with Crippen LogP contribution in [0.5, 0.6) is 5.75 Å². The van der Waals surface area contributed by atoms with Gasteiger partial charge < -0.3 is 25.3 Å². The maximum atomic E-state index is 12.5. The summed E-state index contributed by atoms with van der Waals surface area (Å²) in [5.41, 5.74) is -0.607. The predicted octanol–water partition coefficient (Wildman–Crippen LogP) is 2.83. The molecule has 0 aliphatic carbocycles. The molecule has 1 aromatic rings. The second-order valence-corrected chi connectivity index (χ2v) is 7.17. The van der Waals surface area contributed by atoms with E-state index in [1.165, 1.54) is 7.11 Å². The maximum absolute atomic E-state index is 12.5. The molecule has 0 aliphatic heterocycles. The van der Waals surface area contributed by atoms with E-state index >= 15 is 0 Å². The van der Waals surface area contributed by atoms with Crippen LogP contribution in [0.4, 0.5) is 0 Å². The van der Waals surface area contributed by atoms with Crippen LogP contribution in [0.15, 0.2) is 30.3 Å². The summed E-state index contributed by atoms with van der Waals surface area (Å²) in [6, 6.07) is 10.6. The molecule has 0 fully saturated rings. The Balaban J connectivity index is 2.63. The fraction of sp³-hybridized carbons (Fsp3) is 0.571. The summed E-state index contributed by atoms with van der Waals surface area (Å²) in [5, 5.41) is 29.7. The maximum Gasteiger partial charge on any atom is 0.251 e. The van der Waals surface area contributed by atoms with E-state index in [9.17, 15) is 9.90 Å². The monoisotopic (exact) mass is 389 g/mol. The van der Waals surface area contributed by atoms with Crippen molar-refractivity contribution in [2.24, 2.45) is 0 Å². The summed E-state index contributed by atoms with van der Waals surface area (Å²) >= 11 is 0. The van der Waals surface area contributed by atoms with Crippen molar-refractivity contribution < 1.29 is 19.4 Å². The Kier molecular flexibility index (Phi) is 10.2. The average Bonchev–Trinajstić information content (AvgIpc) is 2.69. The highest BCUT2D eigenvalue weighted by Crippen LogP contribution is 2.15. The zero-order chi connectivity index (χ0) is 21.0. The van der Waals surface area contributed by atoms with Gasteiger partial charge in [-0.3, -0.25) is 4.79 Å². The number of nitrogens with one attached hydrogen (secondary N) is 2. The number of hydrogen-bond donors (Lipinski definition) is 3. The van der Waals surface area contributed by atoms with E-state index in [1.54, 1.807) is 26.0 Å². The molecule has 1 rings (SSSR count). The number of nitriles is 1. The first-order chi connectivity index (χ1) is 13.3. The van der Waals surface area contributed by atoms with E-state index in [-0.39, 0.29) is 18.9 Å². The molecule has 3 N–H and O–H groups in total. The Morgan fingerprint density at radius 3 is 2.61 bits per heavy atom. The molecule has 7 nitrogen and oxygen atoms in total. The zero-order valence-corrected chi connectivity index (χ0v) is 16.9. The smallest absolute Gasteiger partial charge is 0.251 e. The fourth-order valence-corrected chi connectivity index (χ4v) is 2.50. The van der Waals surface area contributed by atoms with Crippen LogP contribution in [0.3, 0.4) is 0 Å². The lowest BCUT2D eigenvalue weighted by molar-refractivity contribution is -0.141. The molecule has 7 heteroatoms. The normalized spacial score (nSPS) is 13.2. The number of rotatable bonds is 13. The van der Waals surface area contributed by atoms with Crippen molar-refractivity contribution in [1.29, 1.82) is 10.7 Å². The van der Waals surface area contributed by atoms with Gasteiger partial charge in [0.25, 0.3) is 5.91 Å². The molecule has 0 saturated heterocycles. The minimum atomic E-state index is -1.01. The Bertz CT molecular complexity index is 655. The second kappa shape index (κ2) is 12.1. The topological polar surface area (TPSA) is 115 Å². The molecule has 0 saturated carbocycles. The van der Waals surface area contributed by atoms with Gasteiger partial charge in [0, 0.05) is 12.8 Å². The van der Waals surface area contributed by atoms with E-state index in [0.717, 1.165) is 0 Å². The first-order valence-corrected chi connectivity index (χ1v) is 9.45. The number of methoxy groups -OCH3 is 1. The van der Waals surface area contributed by atoms with E-state index in [1.807, 2.05) is 24.3 Å². The zero-order valence-electron chi connectivity index (χ0n) is 16.9. The van der Waals surface area contributed by atoms with Crippen LogP contribution in [-0.2, 0) is 9.53 Å². The van der Waals surface area contributed by atoms with Crippen molar-refractivity contribution in [3.05, 3.63) is 30.3 Å². The van der Waals surface area contributed by atoms with Gasteiger partial charge in [0.1, 0.15) is 24.1 Å². The van der Waals surface area contributed by atoms with Crippen LogP contribution in [0.25, 0.3) is 0 Å². The largest absolute Gasteiger partial charge is 0.491 e. The predicted molar refractivity (Wildman–Crippen MR) is 107 cm³/mol. The summed E-state index contributed by atoms with van der Waals surface area (Å²) in [6.45, 7) is 3.37. The van der Waals surface area contributed by atoms with Gasteiger partial charge in [0.15, 0.2) is 0 Å². The summed E-state index contributed by atoms with van der Waals surface area (Å²) in [6.07, 6.45) is 1.73. The van der Waals surface area contributed by atoms with E-state index in [0.29, 0.717) is 37.1 Å². The number of carbonyl (C=O) groups excluding carboxylic acids is 1. The number of aliphatic hydroxyl groups is 1. The Morgan fingerprint density at radius 1 is 1.32 bits per heavy atom. The van der Waals surface area contributed by atoms with Crippen molar-refractivity contribution in [2.75, 3.05) is 13.7 Å². The Morgan fingerprint density at radius 2 is 2.00 bits per heavy atom. The molecule has 1 aromatic carbocycles. The SMILES string of the molecule is COC(C)(C)C(=O)N[C@@H](CCCCC(=N)CC#N)C(O)COc1ccccc1. The van der Waals surface area contributed by atoms with Crippen molar-refractivity contribution in [2.45, 2.75) is 63.7 Å². The standard InChI is InChI=1S/C21H31N3O4/c1-21(2,27-3)20(26)24-18(12-8-7-9-16(23)13-14-22)19(25)15-28-17-10-5-4-6-11-17/h4-6,10-11,18-19,23,25H,7-9,12-13,15H2,1-3H3,(H,24,26)/t18-,19?/m0/s1. The van der Waals surface area contributed by atoms with E-state index in [4.69, 9.17) is 20.1 Å². The highest BCUT2D eigenvalue weighted by atomic mass is 16.5. The molecular formula is C21H31N3O4. The van der Waals surface area contributed by atoms with Gasteiger partial charge in [-0.2, -0.15) is 5.26 Å². The van der Waals surface area contributed by atoms with Crippen LogP contribution in [-0.4, -0.2) is 48.2 Å². The van der Waals surface area contributed by atoms with Crippen molar-refractivity contribution in [3.8, 4) is 11.8 Å². The number of hydrogen-bond acceptors (Lipinski definition) is 6. The summed E-state index contributed by atoms with van der Waals surface area (Å²) < 4.78 is 10.8. The minimum absolute atomic E-state index is 0.0482. The number of ether oxygens (including phenoxy) is 2. The molecule has 28 heavy (non-hydrogen) atoms. The molecule has 0 bridgehead atoms. The molecule has 154 valence electrons.